The summed E-state index contributed by atoms with van der Waals surface area (Å²) in [5, 5.41) is 17.3. The van der Waals surface area contributed by atoms with Crippen molar-refractivity contribution in [2.45, 2.75) is 18.2 Å². The van der Waals surface area contributed by atoms with Crippen LogP contribution in [0.3, 0.4) is 0 Å². The van der Waals surface area contributed by atoms with Crippen LogP contribution in [0.25, 0.3) is 0 Å². The molecular weight excluding hydrogens is 255 g/mol. The van der Waals surface area contributed by atoms with Crippen LogP contribution in [0.5, 0.6) is 0 Å². The summed E-state index contributed by atoms with van der Waals surface area (Å²) in [7, 11) is 0. The van der Waals surface area contributed by atoms with E-state index in [0.717, 1.165) is 0 Å². The van der Waals surface area contributed by atoms with Gasteiger partial charge in [0.25, 0.3) is 0 Å². The average Bonchev–Trinajstić information content (AvgIpc) is 2.35. The van der Waals surface area contributed by atoms with Crippen molar-refractivity contribution < 1.29 is 14.3 Å². The number of nitrogens with zero attached hydrogens (tertiary/aromatic N) is 1. The summed E-state index contributed by atoms with van der Waals surface area (Å²) >= 11 is 1.39. The molecule has 3 N–H and O–H groups in total. The topological polar surface area (TPSA) is 87.1 Å². The molecule has 0 fully saturated rings. The number of hydrogen-bond donors (Lipinski definition) is 2. The molecule has 1 aromatic rings. The summed E-state index contributed by atoms with van der Waals surface area (Å²) in [6, 6.07) is 5.55. The van der Waals surface area contributed by atoms with Crippen LogP contribution >= 0.6 is 11.8 Å². The van der Waals surface area contributed by atoms with Gasteiger partial charge in [-0.25, -0.2) is 4.39 Å². The van der Waals surface area contributed by atoms with Crippen LogP contribution in [-0.4, -0.2) is 22.9 Å². The minimum absolute atomic E-state index is 0.0235. The minimum atomic E-state index is -1.03. The zero-order valence-electron chi connectivity index (χ0n) is 9.60. The number of halogens is 1. The molecule has 0 amide bonds. The first kappa shape index (κ1) is 14.5. The third-order valence-corrected chi connectivity index (χ3v) is 3.39. The Bertz CT molecular complexity index is 474. The Morgan fingerprint density at radius 2 is 2.33 bits per heavy atom. The van der Waals surface area contributed by atoms with Gasteiger partial charge in [0.2, 0.25) is 0 Å². The maximum Gasteiger partial charge on any atom is 0.320 e. The molecule has 18 heavy (non-hydrogen) atoms. The standard InChI is InChI=1S/C12H13FN2O2S/c13-11-8(6-14)2-1-3-9(11)7-18-5-4-10(15)12(16)17/h1-3,10H,4-5,7,15H2,(H,16,17). The van der Waals surface area contributed by atoms with Gasteiger partial charge >= 0.3 is 5.97 Å². The maximum absolute atomic E-state index is 13.6. The highest BCUT2D eigenvalue weighted by Gasteiger charge is 2.11. The smallest absolute Gasteiger partial charge is 0.320 e. The van der Waals surface area contributed by atoms with Gasteiger partial charge in [0, 0.05) is 5.75 Å². The Morgan fingerprint density at radius 1 is 1.61 bits per heavy atom. The maximum atomic E-state index is 13.6. The summed E-state index contributed by atoms with van der Waals surface area (Å²) < 4.78 is 13.6. The zero-order valence-corrected chi connectivity index (χ0v) is 10.4. The summed E-state index contributed by atoms with van der Waals surface area (Å²) in [6.45, 7) is 0. The van der Waals surface area contributed by atoms with E-state index < -0.39 is 17.8 Å². The molecule has 1 rings (SSSR count). The molecule has 0 spiro atoms. The average molecular weight is 268 g/mol. The van der Waals surface area contributed by atoms with E-state index >= 15 is 0 Å². The first-order valence-corrected chi connectivity index (χ1v) is 6.45. The Morgan fingerprint density at radius 3 is 2.94 bits per heavy atom. The van der Waals surface area contributed by atoms with Crippen LogP contribution in [0.15, 0.2) is 18.2 Å². The molecule has 0 aliphatic heterocycles. The second kappa shape index (κ2) is 6.99. The minimum Gasteiger partial charge on any atom is -0.480 e. The third-order valence-electron chi connectivity index (χ3n) is 2.35. The van der Waals surface area contributed by atoms with Gasteiger partial charge in [-0.3, -0.25) is 4.79 Å². The van der Waals surface area contributed by atoms with E-state index in [1.54, 1.807) is 18.2 Å². The molecule has 1 aromatic carbocycles. The Balaban J connectivity index is 2.45. The predicted octanol–water partition coefficient (Wildman–Crippen LogP) is 1.73. The van der Waals surface area contributed by atoms with E-state index in [9.17, 15) is 9.18 Å². The van der Waals surface area contributed by atoms with Crippen LogP contribution in [0.2, 0.25) is 0 Å². The Hall–Kier alpha value is -1.58. The molecule has 0 aliphatic carbocycles. The molecule has 0 bridgehead atoms. The van der Waals surface area contributed by atoms with E-state index in [2.05, 4.69) is 0 Å². The number of thioether (sulfide) groups is 1. The molecule has 0 saturated heterocycles. The fourth-order valence-corrected chi connectivity index (χ4v) is 2.30. The predicted molar refractivity (Wildman–Crippen MR) is 67.5 cm³/mol. The normalized spacial score (nSPS) is 11.8. The van der Waals surface area contributed by atoms with E-state index in [4.69, 9.17) is 16.1 Å². The molecule has 0 aliphatic rings. The second-order valence-corrected chi connectivity index (χ2v) is 4.78. The second-order valence-electron chi connectivity index (χ2n) is 3.68. The lowest BCUT2D eigenvalue weighted by atomic mass is 10.1. The van der Waals surface area contributed by atoms with Gasteiger partial charge in [-0.1, -0.05) is 12.1 Å². The van der Waals surface area contributed by atoms with Crippen LogP contribution < -0.4 is 5.73 Å². The van der Waals surface area contributed by atoms with Crippen molar-refractivity contribution >= 4 is 17.7 Å². The summed E-state index contributed by atoms with van der Waals surface area (Å²) in [5.74, 6) is -0.611. The molecule has 4 nitrogen and oxygen atoms in total. The molecular formula is C12H13FN2O2S. The van der Waals surface area contributed by atoms with Crippen LogP contribution in [0, 0.1) is 17.1 Å². The fourth-order valence-electron chi connectivity index (χ4n) is 1.29. The van der Waals surface area contributed by atoms with E-state index in [1.807, 2.05) is 0 Å². The summed E-state index contributed by atoms with van der Waals surface area (Å²) in [5.41, 5.74) is 5.81. The first-order chi connectivity index (χ1) is 8.56. The van der Waals surface area contributed by atoms with Crippen LogP contribution in [0.4, 0.5) is 4.39 Å². The number of benzene rings is 1. The van der Waals surface area contributed by atoms with E-state index in [0.29, 0.717) is 23.5 Å². The zero-order chi connectivity index (χ0) is 13.5. The Kier molecular flexibility index (Phi) is 5.62. The first-order valence-electron chi connectivity index (χ1n) is 5.30. The SMILES string of the molecule is N#Cc1cccc(CSCCC(N)C(=O)O)c1F. The fraction of sp³-hybridized carbons (Fsp3) is 0.333. The van der Waals surface area contributed by atoms with Crippen molar-refractivity contribution in [1.82, 2.24) is 0 Å². The van der Waals surface area contributed by atoms with Crippen molar-refractivity contribution in [3.05, 3.63) is 35.1 Å². The highest BCUT2D eigenvalue weighted by molar-refractivity contribution is 7.98. The highest BCUT2D eigenvalue weighted by Crippen LogP contribution is 2.19. The number of rotatable bonds is 6. The van der Waals surface area contributed by atoms with E-state index in [1.165, 1.54) is 17.8 Å². The molecule has 0 saturated carbocycles. The monoisotopic (exact) mass is 268 g/mol. The van der Waals surface area contributed by atoms with Gasteiger partial charge in [0.1, 0.15) is 17.9 Å². The van der Waals surface area contributed by atoms with Crippen molar-refractivity contribution in [3.63, 3.8) is 0 Å². The van der Waals surface area contributed by atoms with Crippen molar-refractivity contribution in [1.29, 1.82) is 5.26 Å². The van der Waals surface area contributed by atoms with Crippen molar-refractivity contribution in [3.8, 4) is 6.07 Å². The number of nitriles is 1. The highest BCUT2D eigenvalue weighted by atomic mass is 32.2. The summed E-state index contributed by atoms with van der Waals surface area (Å²) in [4.78, 5) is 10.5. The molecule has 0 aromatic heterocycles. The van der Waals surface area contributed by atoms with Gasteiger partial charge in [-0.15, -0.1) is 0 Å². The molecule has 0 heterocycles. The quantitative estimate of drug-likeness (QED) is 0.767. The number of nitrogens with two attached hydrogens (primary N) is 1. The van der Waals surface area contributed by atoms with Crippen molar-refractivity contribution in [2.75, 3.05) is 5.75 Å². The summed E-state index contributed by atoms with van der Waals surface area (Å²) in [6.07, 6.45) is 0.333. The number of hydrogen-bond acceptors (Lipinski definition) is 4. The molecule has 0 radical (unpaired) electrons. The van der Waals surface area contributed by atoms with Crippen LogP contribution in [-0.2, 0) is 10.5 Å². The lowest BCUT2D eigenvalue weighted by molar-refractivity contribution is -0.138. The molecule has 6 heteroatoms. The van der Waals surface area contributed by atoms with Gasteiger partial charge in [0.05, 0.1) is 5.56 Å². The lowest BCUT2D eigenvalue weighted by Gasteiger charge is -2.07. The third kappa shape index (κ3) is 4.02. The van der Waals surface area contributed by atoms with Gasteiger partial charge < -0.3 is 10.8 Å². The van der Waals surface area contributed by atoms with Crippen LogP contribution in [0.1, 0.15) is 17.5 Å². The number of carboxylic acid groups (broad SMARTS) is 1. The molecule has 1 atom stereocenters. The van der Waals surface area contributed by atoms with Gasteiger partial charge in [-0.2, -0.15) is 17.0 Å². The number of aliphatic carboxylic acids is 1. The van der Waals surface area contributed by atoms with Gasteiger partial charge in [0.15, 0.2) is 0 Å². The molecule has 1 unspecified atom stereocenters. The van der Waals surface area contributed by atoms with Gasteiger partial charge in [-0.05, 0) is 23.8 Å². The lowest BCUT2D eigenvalue weighted by Crippen LogP contribution is -2.30. The molecule has 96 valence electrons. The number of carbonyl (C=O) groups is 1. The largest absolute Gasteiger partial charge is 0.480 e. The Labute approximate surface area is 109 Å². The van der Waals surface area contributed by atoms with Crippen molar-refractivity contribution in [2.24, 2.45) is 5.73 Å². The van der Waals surface area contributed by atoms with E-state index in [-0.39, 0.29) is 5.56 Å². The number of carboxylic acids is 1.